The SMILES string of the molecule is Cc1nc2ccc(Br)cc2c(N2CCCC(c3nncn3C(C)C)C2)c1C. The van der Waals surface area contributed by atoms with Crippen molar-refractivity contribution in [1.82, 2.24) is 19.7 Å². The van der Waals surface area contributed by atoms with E-state index < -0.39 is 0 Å². The summed E-state index contributed by atoms with van der Waals surface area (Å²) in [5, 5.41) is 9.88. The van der Waals surface area contributed by atoms with Gasteiger partial charge in [-0.2, -0.15) is 0 Å². The van der Waals surface area contributed by atoms with Gasteiger partial charge in [-0.3, -0.25) is 4.98 Å². The van der Waals surface area contributed by atoms with Crippen LogP contribution in [0.25, 0.3) is 10.9 Å². The molecule has 0 amide bonds. The van der Waals surface area contributed by atoms with Gasteiger partial charge < -0.3 is 9.47 Å². The van der Waals surface area contributed by atoms with Crippen LogP contribution >= 0.6 is 15.9 Å². The van der Waals surface area contributed by atoms with E-state index in [4.69, 9.17) is 4.98 Å². The summed E-state index contributed by atoms with van der Waals surface area (Å²) in [4.78, 5) is 7.34. The third kappa shape index (κ3) is 3.35. The van der Waals surface area contributed by atoms with Crippen molar-refractivity contribution in [3.63, 3.8) is 0 Å². The molecule has 0 spiro atoms. The van der Waals surface area contributed by atoms with Crippen LogP contribution in [0.2, 0.25) is 0 Å². The number of anilines is 1. The zero-order valence-electron chi connectivity index (χ0n) is 16.4. The molecule has 0 aliphatic carbocycles. The van der Waals surface area contributed by atoms with E-state index in [9.17, 15) is 0 Å². The summed E-state index contributed by atoms with van der Waals surface area (Å²) in [5.41, 5.74) is 4.75. The van der Waals surface area contributed by atoms with Crippen molar-refractivity contribution in [2.24, 2.45) is 0 Å². The fraction of sp³-hybridized carbons (Fsp3) is 0.476. The van der Waals surface area contributed by atoms with Crippen LogP contribution in [0.15, 0.2) is 29.0 Å². The highest BCUT2D eigenvalue weighted by Gasteiger charge is 2.28. The second-order valence-electron chi connectivity index (χ2n) is 7.81. The average molecular weight is 428 g/mol. The van der Waals surface area contributed by atoms with Crippen molar-refractivity contribution in [3.8, 4) is 0 Å². The van der Waals surface area contributed by atoms with Gasteiger partial charge in [0.15, 0.2) is 0 Å². The second-order valence-corrected chi connectivity index (χ2v) is 8.72. The zero-order valence-corrected chi connectivity index (χ0v) is 18.0. The molecule has 3 heterocycles. The second kappa shape index (κ2) is 7.23. The summed E-state index contributed by atoms with van der Waals surface area (Å²) in [7, 11) is 0. The smallest absolute Gasteiger partial charge is 0.137 e. The third-order valence-electron chi connectivity index (χ3n) is 5.66. The summed E-state index contributed by atoms with van der Waals surface area (Å²) >= 11 is 3.63. The maximum Gasteiger partial charge on any atom is 0.137 e. The third-order valence-corrected chi connectivity index (χ3v) is 6.15. The lowest BCUT2D eigenvalue weighted by atomic mass is 9.95. The van der Waals surface area contributed by atoms with Crippen LogP contribution in [0.4, 0.5) is 5.69 Å². The molecule has 27 heavy (non-hydrogen) atoms. The number of nitrogens with zero attached hydrogens (tertiary/aromatic N) is 5. The highest BCUT2D eigenvalue weighted by Crippen LogP contribution is 2.37. The Morgan fingerprint density at radius 3 is 2.81 bits per heavy atom. The number of halogens is 1. The molecular formula is C21H26BrN5. The minimum atomic E-state index is 0.382. The molecule has 0 bridgehead atoms. The predicted octanol–water partition coefficient (Wildman–Crippen LogP) is 5.17. The molecule has 4 rings (SSSR count). The molecule has 3 aromatic rings. The molecule has 1 aliphatic rings. The number of aryl methyl sites for hydroxylation is 1. The molecule has 142 valence electrons. The number of piperidine rings is 1. The van der Waals surface area contributed by atoms with E-state index in [-0.39, 0.29) is 0 Å². The minimum absolute atomic E-state index is 0.382. The fourth-order valence-corrected chi connectivity index (χ4v) is 4.53. The van der Waals surface area contributed by atoms with Crippen molar-refractivity contribution in [3.05, 3.63) is 46.1 Å². The maximum atomic E-state index is 4.80. The summed E-state index contributed by atoms with van der Waals surface area (Å²) in [5.74, 6) is 1.52. The Kier molecular flexibility index (Phi) is 4.93. The number of pyridine rings is 1. The number of hydrogen-bond acceptors (Lipinski definition) is 4. The first kappa shape index (κ1) is 18.4. The van der Waals surface area contributed by atoms with Gasteiger partial charge in [0.2, 0.25) is 0 Å². The number of hydrogen-bond donors (Lipinski definition) is 0. The van der Waals surface area contributed by atoms with Gasteiger partial charge in [-0.15, -0.1) is 10.2 Å². The van der Waals surface area contributed by atoms with Gasteiger partial charge >= 0.3 is 0 Å². The van der Waals surface area contributed by atoms with Crippen molar-refractivity contribution >= 4 is 32.5 Å². The molecule has 1 aromatic carbocycles. The number of fused-ring (bicyclic) bond motifs is 1. The van der Waals surface area contributed by atoms with Gasteiger partial charge in [0, 0.05) is 40.6 Å². The molecule has 1 saturated heterocycles. The Balaban J connectivity index is 1.76. The topological polar surface area (TPSA) is 46.8 Å². The normalized spacial score (nSPS) is 17.9. The Morgan fingerprint density at radius 2 is 2.04 bits per heavy atom. The highest BCUT2D eigenvalue weighted by atomic mass is 79.9. The zero-order chi connectivity index (χ0) is 19.1. The summed E-state index contributed by atoms with van der Waals surface area (Å²) < 4.78 is 3.31. The average Bonchev–Trinajstić information content (AvgIpc) is 3.13. The molecule has 1 fully saturated rings. The number of rotatable bonds is 3. The van der Waals surface area contributed by atoms with E-state index in [1.165, 1.54) is 16.6 Å². The van der Waals surface area contributed by atoms with Crippen molar-refractivity contribution in [2.45, 2.75) is 52.5 Å². The van der Waals surface area contributed by atoms with E-state index in [0.717, 1.165) is 47.4 Å². The molecule has 6 heteroatoms. The van der Waals surface area contributed by atoms with Crippen molar-refractivity contribution in [1.29, 1.82) is 0 Å². The summed E-state index contributed by atoms with van der Waals surface area (Å²) in [6.07, 6.45) is 4.19. The van der Waals surface area contributed by atoms with E-state index in [1.54, 1.807) is 0 Å². The van der Waals surface area contributed by atoms with E-state index in [2.05, 4.69) is 81.5 Å². The maximum absolute atomic E-state index is 4.80. The Morgan fingerprint density at radius 1 is 1.22 bits per heavy atom. The summed E-state index contributed by atoms with van der Waals surface area (Å²) in [6, 6.07) is 6.75. The number of benzene rings is 1. The van der Waals surface area contributed by atoms with Crippen LogP contribution in [-0.2, 0) is 0 Å². The minimum Gasteiger partial charge on any atom is -0.370 e. The molecule has 0 radical (unpaired) electrons. The van der Waals surface area contributed by atoms with E-state index in [1.807, 2.05) is 6.33 Å². The lowest BCUT2D eigenvalue weighted by Gasteiger charge is -2.36. The van der Waals surface area contributed by atoms with Crippen molar-refractivity contribution in [2.75, 3.05) is 18.0 Å². The first-order chi connectivity index (χ1) is 13.0. The Bertz CT molecular complexity index is 978. The molecular weight excluding hydrogens is 402 g/mol. The van der Waals surface area contributed by atoms with Gasteiger partial charge in [0.05, 0.1) is 11.2 Å². The highest BCUT2D eigenvalue weighted by molar-refractivity contribution is 9.10. The lowest BCUT2D eigenvalue weighted by Crippen LogP contribution is -2.36. The van der Waals surface area contributed by atoms with Gasteiger partial charge in [0.1, 0.15) is 12.2 Å². The quantitative estimate of drug-likeness (QED) is 0.578. The van der Waals surface area contributed by atoms with Gasteiger partial charge in [0.25, 0.3) is 0 Å². The molecule has 0 N–H and O–H groups in total. The van der Waals surface area contributed by atoms with Crippen molar-refractivity contribution < 1.29 is 0 Å². The van der Waals surface area contributed by atoms with Gasteiger partial charge in [-0.25, -0.2) is 0 Å². The first-order valence-corrected chi connectivity index (χ1v) is 10.5. The monoisotopic (exact) mass is 427 g/mol. The van der Waals surface area contributed by atoms with Crippen LogP contribution in [0.1, 0.15) is 55.7 Å². The van der Waals surface area contributed by atoms with Crippen LogP contribution in [-0.4, -0.2) is 32.8 Å². The largest absolute Gasteiger partial charge is 0.370 e. The number of aromatic nitrogens is 4. The van der Waals surface area contributed by atoms with Crippen LogP contribution in [0, 0.1) is 13.8 Å². The lowest BCUT2D eigenvalue weighted by molar-refractivity contribution is 0.455. The Hall–Kier alpha value is -1.95. The molecule has 5 nitrogen and oxygen atoms in total. The van der Waals surface area contributed by atoms with Crippen LogP contribution in [0.3, 0.4) is 0 Å². The first-order valence-electron chi connectivity index (χ1n) is 9.66. The molecule has 1 unspecified atom stereocenters. The molecule has 0 saturated carbocycles. The summed E-state index contributed by atoms with van der Waals surface area (Å²) in [6.45, 7) is 10.7. The molecule has 1 atom stereocenters. The Labute approximate surface area is 168 Å². The standard InChI is InChI=1S/C21H26BrN5/c1-13(2)27-12-23-25-21(27)16-6-5-9-26(11-16)20-14(3)15(4)24-19-8-7-17(22)10-18(19)20/h7-8,10,12-13,16H,5-6,9,11H2,1-4H3. The van der Waals surface area contributed by atoms with Crippen LogP contribution < -0.4 is 4.90 Å². The van der Waals surface area contributed by atoms with Crippen LogP contribution in [0.5, 0.6) is 0 Å². The van der Waals surface area contributed by atoms with Gasteiger partial charge in [-0.05, 0) is 64.3 Å². The predicted molar refractivity (Wildman–Crippen MR) is 114 cm³/mol. The van der Waals surface area contributed by atoms with E-state index in [0.29, 0.717) is 12.0 Å². The molecule has 2 aromatic heterocycles. The molecule has 1 aliphatic heterocycles. The van der Waals surface area contributed by atoms with Gasteiger partial charge in [-0.1, -0.05) is 15.9 Å². The van der Waals surface area contributed by atoms with E-state index >= 15 is 0 Å². The fourth-order valence-electron chi connectivity index (χ4n) is 4.17.